The number of carbonyl (C=O) groups excluding carboxylic acids is 5. The number of anilines is 2. The molecular weight excluding hydrogens is 644 g/mol. The third-order valence-electron chi connectivity index (χ3n) is 9.01. The van der Waals surface area contributed by atoms with Crippen molar-refractivity contribution >= 4 is 41.2 Å². The summed E-state index contributed by atoms with van der Waals surface area (Å²) in [4.78, 5) is 69.9. The van der Waals surface area contributed by atoms with E-state index in [4.69, 9.17) is 9.47 Å². The van der Waals surface area contributed by atoms with Crippen LogP contribution in [0, 0.1) is 0 Å². The molecule has 4 aromatic carbocycles. The third-order valence-corrected chi connectivity index (χ3v) is 9.01. The number of hydrogen-bond acceptors (Lipinski definition) is 7. The minimum atomic E-state index is -1.15. The summed E-state index contributed by atoms with van der Waals surface area (Å²) in [6, 6.07) is 23.9. The first-order valence-electron chi connectivity index (χ1n) is 16.9. The predicted molar refractivity (Wildman–Crippen MR) is 195 cm³/mol. The minimum absolute atomic E-state index is 0.107. The molecule has 262 valence electrons. The molecule has 0 atom stereocenters. The monoisotopic (exact) mass is 686 g/mol. The van der Waals surface area contributed by atoms with E-state index < -0.39 is 41.5 Å². The number of rotatable bonds is 5. The van der Waals surface area contributed by atoms with Crippen LogP contribution >= 0.6 is 0 Å². The molecule has 0 fully saturated rings. The lowest BCUT2D eigenvalue weighted by atomic mass is 9.87. The minimum Gasteiger partial charge on any atom is -0.429 e. The average Bonchev–Trinajstić information content (AvgIpc) is 3.45. The Hall–Kier alpha value is -5.57. The van der Waals surface area contributed by atoms with Crippen LogP contribution in [0.2, 0.25) is 0 Å². The van der Waals surface area contributed by atoms with Gasteiger partial charge in [0.1, 0.15) is 5.60 Å². The SMILES string of the molecule is CC(C)(C)OC(=O)OC(c1ccc2c(c1)C(=O)N(c1ccc(C(C)(C)C)cc1)C2=O)c1ccc2c(c1)C(=O)N(c1ccc(C(C)(C)C)cc1)C2=O. The first-order chi connectivity index (χ1) is 23.7. The molecule has 4 amide bonds. The fraction of sp³-hybridized carbons (Fsp3) is 0.310. The zero-order valence-corrected chi connectivity index (χ0v) is 30.4. The van der Waals surface area contributed by atoms with Crippen LogP contribution in [0.4, 0.5) is 16.2 Å². The Balaban J connectivity index is 1.36. The standard InChI is InChI=1S/C42H42N2O7/c1-40(2,3)26-12-16-28(17-13-26)43-35(45)30-20-10-24(22-32(30)37(43)47)34(50-39(49)51-42(7,8)9)25-11-21-31-33(23-25)38(48)44(36(31)46)29-18-14-27(15-19-29)41(4,5)6/h10-23,34H,1-9H3. The van der Waals surface area contributed by atoms with Gasteiger partial charge >= 0.3 is 6.16 Å². The molecule has 0 spiro atoms. The molecule has 0 bridgehead atoms. The summed E-state index contributed by atoms with van der Waals surface area (Å²) in [6.07, 6.45) is -2.12. The van der Waals surface area contributed by atoms with Crippen LogP contribution in [-0.2, 0) is 20.3 Å². The highest BCUT2D eigenvalue weighted by atomic mass is 16.7. The van der Waals surface area contributed by atoms with Gasteiger partial charge in [-0.3, -0.25) is 19.2 Å². The molecule has 51 heavy (non-hydrogen) atoms. The van der Waals surface area contributed by atoms with Gasteiger partial charge in [0.05, 0.1) is 33.6 Å². The number of amides is 4. The fourth-order valence-electron chi connectivity index (χ4n) is 6.23. The van der Waals surface area contributed by atoms with Crippen molar-refractivity contribution in [2.45, 2.75) is 84.8 Å². The first kappa shape index (κ1) is 35.3. The summed E-state index contributed by atoms with van der Waals surface area (Å²) in [5.41, 5.74) is 3.38. The van der Waals surface area contributed by atoms with Crippen molar-refractivity contribution in [3.63, 3.8) is 0 Å². The van der Waals surface area contributed by atoms with Crippen molar-refractivity contribution in [2.75, 3.05) is 9.80 Å². The molecule has 0 saturated carbocycles. The van der Waals surface area contributed by atoms with Crippen molar-refractivity contribution in [2.24, 2.45) is 0 Å². The van der Waals surface area contributed by atoms with Crippen LogP contribution in [0.5, 0.6) is 0 Å². The smallest absolute Gasteiger partial charge is 0.429 e. The topological polar surface area (TPSA) is 110 Å². The van der Waals surface area contributed by atoms with E-state index in [2.05, 4.69) is 41.5 Å². The second-order valence-corrected chi connectivity index (χ2v) is 16.1. The molecule has 2 aliphatic rings. The first-order valence-corrected chi connectivity index (χ1v) is 16.9. The van der Waals surface area contributed by atoms with Gasteiger partial charge in [0.2, 0.25) is 0 Å². The molecule has 0 radical (unpaired) electrons. The molecule has 9 nitrogen and oxygen atoms in total. The summed E-state index contributed by atoms with van der Waals surface area (Å²) in [6.45, 7) is 17.6. The van der Waals surface area contributed by atoms with Crippen molar-refractivity contribution in [1.29, 1.82) is 0 Å². The van der Waals surface area contributed by atoms with Crippen molar-refractivity contribution in [3.8, 4) is 0 Å². The van der Waals surface area contributed by atoms with E-state index >= 15 is 0 Å². The van der Waals surface area contributed by atoms with Crippen LogP contribution in [-0.4, -0.2) is 35.4 Å². The number of nitrogens with zero attached hydrogens (tertiary/aromatic N) is 2. The van der Waals surface area contributed by atoms with E-state index in [1.807, 2.05) is 24.3 Å². The Kier molecular flexibility index (Phi) is 8.53. The number of imide groups is 2. The van der Waals surface area contributed by atoms with Crippen LogP contribution < -0.4 is 9.80 Å². The highest BCUT2D eigenvalue weighted by Crippen LogP contribution is 2.37. The summed E-state index contributed by atoms with van der Waals surface area (Å²) in [5, 5.41) is 0. The normalized spacial score (nSPS) is 14.7. The van der Waals surface area contributed by atoms with Gasteiger partial charge in [0.15, 0.2) is 6.10 Å². The molecular formula is C42H42N2O7. The van der Waals surface area contributed by atoms with E-state index in [1.165, 1.54) is 24.3 Å². The van der Waals surface area contributed by atoms with Gasteiger partial charge in [-0.05, 0) is 102 Å². The maximum Gasteiger partial charge on any atom is 0.509 e. The molecule has 4 aromatic rings. The Bertz CT molecular complexity index is 1960. The Morgan fingerprint density at radius 3 is 1.20 bits per heavy atom. The van der Waals surface area contributed by atoms with Crippen molar-refractivity contribution in [3.05, 3.63) is 129 Å². The van der Waals surface area contributed by atoms with Gasteiger partial charge in [-0.15, -0.1) is 0 Å². The molecule has 6 rings (SSSR count). The predicted octanol–water partition coefficient (Wildman–Crippen LogP) is 8.92. The Morgan fingerprint density at radius 2 is 0.863 bits per heavy atom. The second kappa shape index (κ2) is 12.3. The zero-order chi connectivity index (χ0) is 37.2. The second-order valence-electron chi connectivity index (χ2n) is 16.1. The largest absolute Gasteiger partial charge is 0.509 e. The highest BCUT2D eigenvalue weighted by Gasteiger charge is 2.40. The lowest BCUT2D eigenvalue weighted by molar-refractivity contribution is -0.0201. The van der Waals surface area contributed by atoms with E-state index in [0.29, 0.717) is 22.5 Å². The summed E-state index contributed by atoms with van der Waals surface area (Å²) >= 11 is 0. The molecule has 0 aromatic heterocycles. The van der Waals surface area contributed by atoms with Crippen molar-refractivity contribution < 1.29 is 33.4 Å². The third kappa shape index (κ3) is 6.68. The van der Waals surface area contributed by atoms with E-state index in [1.54, 1.807) is 57.2 Å². The van der Waals surface area contributed by atoms with Gasteiger partial charge < -0.3 is 9.47 Å². The van der Waals surface area contributed by atoms with E-state index in [9.17, 15) is 24.0 Å². The van der Waals surface area contributed by atoms with Gasteiger partial charge in [-0.1, -0.05) is 77.9 Å². The van der Waals surface area contributed by atoms with Gasteiger partial charge in [-0.2, -0.15) is 0 Å². The average molecular weight is 687 g/mol. The number of ether oxygens (including phenoxy) is 2. The number of hydrogen-bond donors (Lipinski definition) is 0. The Labute approximate surface area is 298 Å². The van der Waals surface area contributed by atoms with E-state index in [0.717, 1.165) is 20.9 Å². The van der Waals surface area contributed by atoms with E-state index in [-0.39, 0.29) is 33.1 Å². The summed E-state index contributed by atoms with van der Waals surface area (Å²) < 4.78 is 11.3. The lowest BCUT2D eigenvalue weighted by Gasteiger charge is -2.23. The number of fused-ring (bicyclic) bond motifs is 2. The summed E-state index contributed by atoms with van der Waals surface area (Å²) in [7, 11) is 0. The van der Waals surface area contributed by atoms with Crippen LogP contribution in [0.1, 0.15) is 132 Å². The number of carbonyl (C=O) groups is 5. The van der Waals surface area contributed by atoms with Gasteiger partial charge in [0.25, 0.3) is 23.6 Å². The molecule has 2 aliphatic heterocycles. The summed E-state index contributed by atoms with van der Waals surface area (Å²) in [5.74, 6) is -1.96. The highest BCUT2D eigenvalue weighted by molar-refractivity contribution is 6.35. The maximum absolute atomic E-state index is 13.8. The molecule has 0 aliphatic carbocycles. The van der Waals surface area contributed by atoms with Crippen LogP contribution in [0.3, 0.4) is 0 Å². The molecule has 0 N–H and O–H groups in total. The van der Waals surface area contributed by atoms with Crippen LogP contribution in [0.25, 0.3) is 0 Å². The van der Waals surface area contributed by atoms with Crippen molar-refractivity contribution in [1.82, 2.24) is 0 Å². The maximum atomic E-state index is 13.8. The zero-order valence-electron chi connectivity index (χ0n) is 30.4. The molecule has 0 unspecified atom stereocenters. The molecule has 2 heterocycles. The molecule has 9 heteroatoms. The van der Waals surface area contributed by atoms with Gasteiger partial charge in [0, 0.05) is 0 Å². The van der Waals surface area contributed by atoms with Crippen LogP contribution in [0.15, 0.2) is 84.9 Å². The van der Waals surface area contributed by atoms with Gasteiger partial charge in [-0.25, -0.2) is 14.6 Å². The number of benzene rings is 4. The lowest BCUT2D eigenvalue weighted by Crippen LogP contribution is -2.29. The quantitative estimate of drug-likeness (QED) is 0.152. The fourth-order valence-corrected chi connectivity index (χ4v) is 6.23. The Morgan fingerprint density at radius 1 is 0.510 bits per heavy atom. The molecule has 0 saturated heterocycles.